The number of aryl methyl sites for hydroxylation is 2. The van der Waals surface area contributed by atoms with E-state index in [0.717, 1.165) is 12.3 Å². The molecule has 1 amide bonds. The van der Waals surface area contributed by atoms with E-state index in [1.165, 1.54) is 27.6 Å². The maximum atomic E-state index is 13.8. The molecule has 2 aromatic heterocycles. The SMILES string of the molecule is CCn1cc(-c2cc(CN3CCSC3N)cc(C(=O)NCc3ccc(=O)n(C)c3)c2)c(C(F)(F)F)n1. The first kappa shape index (κ1) is 26.0. The first-order valence-corrected chi connectivity index (χ1v) is 12.4. The first-order valence-electron chi connectivity index (χ1n) is 11.4. The van der Waals surface area contributed by atoms with Gasteiger partial charge in [0.2, 0.25) is 5.56 Å². The van der Waals surface area contributed by atoms with Crippen LogP contribution in [0.1, 0.15) is 34.1 Å². The van der Waals surface area contributed by atoms with Crippen LogP contribution in [-0.4, -0.2) is 43.0 Å². The summed E-state index contributed by atoms with van der Waals surface area (Å²) in [5, 5.41) is 6.51. The third-order valence-corrected chi connectivity index (χ3v) is 6.99. The van der Waals surface area contributed by atoms with Crippen LogP contribution in [0.3, 0.4) is 0 Å². The van der Waals surface area contributed by atoms with Crippen LogP contribution in [0.5, 0.6) is 0 Å². The number of carbonyl (C=O) groups is 1. The lowest BCUT2D eigenvalue weighted by Crippen LogP contribution is -2.34. The van der Waals surface area contributed by atoms with Gasteiger partial charge in [0.1, 0.15) is 5.50 Å². The predicted molar refractivity (Wildman–Crippen MR) is 132 cm³/mol. The van der Waals surface area contributed by atoms with Gasteiger partial charge in [0.25, 0.3) is 5.91 Å². The van der Waals surface area contributed by atoms with Crippen molar-refractivity contribution in [1.82, 2.24) is 24.6 Å². The van der Waals surface area contributed by atoms with Gasteiger partial charge in [-0.2, -0.15) is 18.3 Å². The number of alkyl halides is 3. The molecule has 8 nitrogen and oxygen atoms in total. The fraction of sp³-hybridized carbons (Fsp3) is 0.375. The summed E-state index contributed by atoms with van der Waals surface area (Å²) in [6, 6.07) is 7.80. The number of benzene rings is 1. The van der Waals surface area contributed by atoms with Crippen molar-refractivity contribution in [2.24, 2.45) is 12.8 Å². The number of hydrogen-bond donors (Lipinski definition) is 2. The summed E-state index contributed by atoms with van der Waals surface area (Å²) in [5.74, 6) is 0.415. The Labute approximate surface area is 210 Å². The molecular formula is C24H27F3N6O2S. The highest BCUT2D eigenvalue weighted by atomic mass is 32.2. The Morgan fingerprint density at radius 3 is 2.64 bits per heavy atom. The van der Waals surface area contributed by atoms with E-state index in [9.17, 15) is 22.8 Å². The zero-order valence-corrected chi connectivity index (χ0v) is 20.7. The Morgan fingerprint density at radius 2 is 2.00 bits per heavy atom. The molecule has 0 saturated carbocycles. The van der Waals surface area contributed by atoms with Gasteiger partial charge in [0.15, 0.2) is 5.69 Å². The van der Waals surface area contributed by atoms with Crippen LogP contribution in [0.4, 0.5) is 13.2 Å². The lowest BCUT2D eigenvalue weighted by atomic mass is 9.99. The number of nitrogens with zero attached hydrogens (tertiary/aromatic N) is 4. The average Bonchev–Trinajstić information content (AvgIpc) is 3.46. The molecular weight excluding hydrogens is 493 g/mol. The Kier molecular flexibility index (Phi) is 7.57. The monoisotopic (exact) mass is 520 g/mol. The van der Waals surface area contributed by atoms with E-state index in [1.54, 1.807) is 50.1 Å². The summed E-state index contributed by atoms with van der Waals surface area (Å²) >= 11 is 1.59. The smallest absolute Gasteiger partial charge is 0.348 e. The van der Waals surface area contributed by atoms with Gasteiger partial charge in [-0.05, 0) is 41.8 Å². The molecule has 3 heterocycles. The van der Waals surface area contributed by atoms with Crippen molar-refractivity contribution < 1.29 is 18.0 Å². The molecule has 1 aliphatic heterocycles. The lowest BCUT2D eigenvalue weighted by Gasteiger charge is -2.21. The van der Waals surface area contributed by atoms with E-state index in [2.05, 4.69) is 10.4 Å². The number of thioether (sulfide) groups is 1. The van der Waals surface area contributed by atoms with Gasteiger partial charge in [0, 0.05) is 68.6 Å². The van der Waals surface area contributed by atoms with Crippen molar-refractivity contribution in [2.75, 3.05) is 12.3 Å². The first-order chi connectivity index (χ1) is 17.0. The molecule has 0 bridgehead atoms. The molecule has 1 fully saturated rings. The number of pyridine rings is 1. The van der Waals surface area contributed by atoms with Crippen LogP contribution in [0, 0.1) is 0 Å². The zero-order chi connectivity index (χ0) is 26.0. The highest BCUT2D eigenvalue weighted by Gasteiger charge is 2.37. The second kappa shape index (κ2) is 10.5. The third-order valence-electron chi connectivity index (χ3n) is 5.93. The van der Waals surface area contributed by atoms with Crippen molar-refractivity contribution in [3.05, 3.63) is 75.5 Å². The molecule has 4 rings (SSSR count). The van der Waals surface area contributed by atoms with Gasteiger partial charge in [-0.15, -0.1) is 11.8 Å². The molecule has 12 heteroatoms. The quantitative estimate of drug-likeness (QED) is 0.497. The number of carbonyl (C=O) groups excluding carboxylic acids is 1. The number of nitrogens with one attached hydrogen (secondary N) is 1. The summed E-state index contributed by atoms with van der Waals surface area (Å²) in [6.45, 7) is 3.27. The van der Waals surface area contributed by atoms with E-state index >= 15 is 0 Å². The predicted octanol–water partition coefficient (Wildman–Crippen LogP) is 3.01. The number of halogens is 3. The molecule has 1 aliphatic rings. The Morgan fingerprint density at radius 1 is 1.22 bits per heavy atom. The van der Waals surface area contributed by atoms with E-state index in [4.69, 9.17) is 5.73 Å². The van der Waals surface area contributed by atoms with Gasteiger partial charge in [-0.25, -0.2) is 0 Å². The van der Waals surface area contributed by atoms with Crippen LogP contribution in [0.2, 0.25) is 0 Å². The minimum atomic E-state index is -4.65. The van der Waals surface area contributed by atoms with Crippen LogP contribution < -0.4 is 16.6 Å². The molecule has 1 aromatic carbocycles. The van der Waals surface area contributed by atoms with Gasteiger partial charge >= 0.3 is 6.18 Å². The summed E-state index contributed by atoms with van der Waals surface area (Å²) in [5.41, 5.74) is 6.54. The van der Waals surface area contributed by atoms with Crippen molar-refractivity contribution in [2.45, 2.75) is 38.2 Å². The van der Waals surface area contributed by atoms with Gasteiger partial charge in [0.05, 0.1) is 0 Å². The zero-order valence-electron chi connectivity index (χ0n) is 19.9. The summed E-state index contributed by atoms with van der Waals surface area (Å²) < 4.78 is 44.0. The maximum absolute atomic E-state index is 13.8. The van der Waals surface area contributed by atoms with Crippen molar-refractivity contribution in [3.63, 3.8) is 0 Å². The van der Waals surface area contributed by atoms with Gasteiger partial charge in [-0.3, -0.25) is 19.2 Å². The minimum absolute atomic E-state index is 0.0848. The largest absolute Gasteiger partial charge is 0.435 e. The van der Waals surface area contributed by atoms with E-state index in [1.807, 2.05) is 4.90 Å². The molecule has 1 unspecified atom stereocenters. The topological polar surface area (TPSA) is 98.2 Å². The second-order valence-corrected chi connectivity index (χ2v) is 9.79. The minimum Gasteiger partial charge on any atom is -0.348 e. The number of nitrogens with two attached hydrogens (primary N) is 1. The molecule has 36 heavy (non-hydrogen) atoms. The van der Waals surface area contributed by atoms with Crippen molar-refractivity contribution >= 4 is 17.7 Å². The van der Waals surface area contributed by atoms with Crippen LogP contribution >= 0.6 is 11.8 Å². The highest BCUT2D eigenvalue weighted by Crippen LogP contribution is 2.37. The number of hydrogen-bond acceptors (Lipinski definition) is 6. The molecule has 1 atom stereocenters. The standard InChI is InChI=1S/C24H27F3N6O2S/c1-3-33-14-19(21(30-33)24(25,26)27)17-8-16(13-32-6-7-36-23(32)28)9-18(10-17)22(35)29-11-15-4-5-20(34)31(2)12-15/h4-5,8-10,12,14,23H,3,6-7,11,13,28H2,1-2H3,(H,29,35). The third kappa shape index (κ3) is 5.82. The van der Waals surface area contributed by atoms with Gasteiger partial charge in [-0.1, -0.05) is 6.07 Å². The maximum Gasteiger partial charge on any atom is 0.435 e. The Bertz CT molecular complexity index is 1320. The van der Waals surface area contributed by atoms with Crippen molar-refractivity contribution in [1.29, 1.82) is 0 Å². The lowest BCUT2D eigenvalue weighted by molar-refractivity contribution is -0.141. The number of rotatable bonds is 7. The molecule has 192 valence electrons. The highest BCUT2D eigenvalue weighted by molar-refractivity contribution is 8.00. The number of aromatic nitrogens is 3. The average molecular weight is 521 g/mol. The fourth-order valence-corrected chi connectivity index (χ4v) is 5.01. The Hall–Kier alpha value is -3.09. The molecule has 0 radical (unpaired) electrons. The molecule has 3 N–H and O–H groups in total. The molecule has 1 saturated heterocycles. The number of amides is 1. The van der Waals surface area contributed by atoms with Crippen molar-refractivity contribution in [3.8, 4) is 11.1 Å². The summed E-state index contributed by atoms with van der Waals surface area (Å²) in [4.78, 5) is 26.7. The van der Waals surface area contributed by atoms with Crippen LogP contribution in [0.25, 0.3) is 11.1 Å². The molecule has 3 aromatic rings. The molecule has 0 aliphatic carbocycles. The van der Waals surface area contributed by atoms with E-state index < -0.39 is 17.8 Å². The van der Waals surface area contributed by atoms with E-state index in [-0.39, 0.29) is 40.8 Å². The van der Waals surface area contributed by atoms with Gasteiger partial charge < -0.3 is 15.6 Å². The van der Waals surface area contributed by atoms with Crippen LogP contribution in [0.15, 0.2) is 47.5 Å². The summed E-state index contributed by atoms with van der Waals surface area (Å²) in [7, 11) is 1.61. The fourth-order valence-electron chi connectivity index (χ4n) is 4.04. The van der Waals surface area contributed by atoms with E-state index in [0.29, 0.717) is 17.7 Å². The Balaban J connectivity index is 1.69. The second-order valence-electron chi connectivity index (χ2n) is 8.56. The molecule has 0 spiro atoms. The summed E-state index contributed by atoms with van der Waals surface area (Å²) in [6.07, 6.45) is -1.68. The normalized spacial score (nSPS) is 16.4. The van der Waals surface area contributed by atoms with Crippen LogP contribution in [-0.2, 0) is 32.9 Å².